The van der Waals surface area contributed by atoms with Gasteiger partial charge in [-0.15, -0.1) is 0 Å². The summed E-state index contributed by atoms with van der Waals surface area (Å²) in [6.45, 7) is 2.49. The summed E-state index contributed by atoms with van der Waals surface area (Å²) in [6.07, 6.45) is -1.04. The van der Waals surface area contributed by atoms with Gasteiger partial charge in [0, 0.05) is 11.3 Å². The molecule has 0 bridgehead atoms. The first-order chi connectivity index (χ1) is 12.8. The molecule has 1 amide bonds. The minimum atomic E-state index is -1.82. The van der Waals surface area contributed by atoms with Crippen molar-refractivity contribution < 1.29 is 9.53 Å². The third-order valence-corrected chi connectivity index (χ3v) is 4.21. The van der Waals surface area contributed by atoms with Gasteiger partial charge in [-0.25, -0.2) is 0 Å². The van der Waals surface area contributed by atoms with Gasteiger partial charge in [-0.3, -0.25) is 4.79 Å². The molecule has 0 radical (unpaired) electrons. The Bertz CT molecular complexity index is 768. The fourth-order valence-electron chi connectivity index (χ4n) is 2.10. The summed E-state index contributed by atoms with van der Waals surface area (Å²) in [7, 11) is 0. The highest BCUT2D eigenvalue weighted by Gasteiger charge is 2.34. The summed E-state index contributed by atoms with van der Waals surface area (Å²) in [4.78, 5) is 12.3. The molecule has 2 rings (SSSR count). The smallest absolute Gasteiger partial charge is 0.252 e. The fourth-order valence-corrected chi connectivity index (χ4v) is 2.67. The zero-order valence-electron chi connectivity index (χ0n) is 14.3. The van der Waals surface area contributed by atoms with E-state index in [4.69, 9.17) is 51.8 Å². The van der Waals surface area contributed by atoms with Crippen LogP contribution in [0.15, 0.2) is 54.6 Å². The maximum atomic E-state index is 12.3. The lowest BCUT2D eigenvalue weighted by Gasteiger charge is -2.27. The molecule has 0 saturated heterocycles. The molecule has 0 spiro atoms. The normalized spacial score (nSPS) is 12.0. The number of hydrogen-bond donors (Lipinski definition) is 3. The first kappa shape index (κ1) is 21.6. The molecule has 1 atom stereocenters. The number of ether oxygens (including phenoxy) is 1. The van der Waals surface area contributed by atoms with Crippen LogP contribution in [0.2, 0.25) is 0 Å². The SMILES string of the molecule is CCOc1ccc(NC(=S)NC(NC(=O)c2ccccc2)C(Cl)(Cl)Cl)cc1. The lowest BCUT2D eigenvalue weighted by atomic mass is 10.2. The second-order valence-electron chi connectivity index (χ2n) is 5.37. The number of anilines is 1. The molecule has 5 nitrogen and oxygen atoms in total. The van der Waals surface area contributed by atoms with E-state index in [1.807, 2.05) is 6.92 Å². The predicted molar refractivity (Wildman–Crippen MR) is 115 cm³/mol. The minimum absolute atomic E-state index is 0.184. The van der Waals surface area contributed by atoms with E-state index in [9.17, 15) is 4.79 Å². The topological polar surface area (TPSA) is 62.4 Å². The van der Waals surface area contributed by atoms with Gasteiger partial charge in [-0.05, 0) is 55.5 Å². The molecular weight excluding hydrogens is 429 g/mol. The standard InChI is InChI=1S/C18H18Cl3N3O2S/c1-2-26-14-10-8-13(9-11-14)22-17(27)24-16(18(19,20)21)23-15(25)12-6-4-3-5-7-12/h3-11,16H,2H2,1H3,(H,23,25)(H2,22,24,27). The van der Waals surface area contributed by atoms with Gasteiger partial charge in [0.05, 0.1) is 6.61 Å². The Hall–Kier alpha value is -1.73. The van der Waals surface area contributed by atoms with E-state index in [0.29, 0.717) is 17.9 Å². The molecular formula is C18H18Cl3N3O2S. The second-order valence-corrected chi connectivity index (χ2v) is 8.15. The van der Waals surface area contributed by atoms with Crippen molar-refractivity contribution in [3.05, 3.63) is 60.2 Å². The highest BCUT2D eigenvalue weighted by molar-refractivity contribution is 7.80. The van der Waals surface area contributed by atoms with Gasteiger partial charge < -0.3 is 20.7 Å². The number of thiocarbonyl (C=S) groups is 1. The Kier molecular flexibility index (Phi) is 7.98. The number of nitrogens with one attached hydrogen (secondary N) is 3. The summed E-state index contributed by atoms with van der Waals surface area (Å²) in [5.74, 6) is 0.347. The summed E-state index contributed by atoms with van der Waals surface area (Å²) in [5, 5.41) is 8.58. The number of rotatable bonds is 6. The summed E-state index contributed by atoms with van der Waals surface area (Å²) in [6, 6.07) is 15.8. The van der Waals surface area contributed by atoms with Crippen molar-refractivity contribution in [2.45, 2.75) is 16.9 Å². The number of carbonyl (C=O) groups excluding carboxylic acids is 1. The van der Waals surface area contributed by atoms with Gasteiger partial charge in [0.15, 0.2) is 5.11 Å². The van der Waals surface area contributed by atoms with Crippen molar-refractivity contribution >= 4 is 63.7 Å². The molecule has 0 aromatic heterocycles. The van der Waals surface area contributed by atoms with E-state index < -0.39 is 15.9 Å². The van der Waals surface area contributed by atoms with E-state index in [0.717, 1.165) is 5.75 Å². The van der Waals surface area contributed by atoms with Crippen LogP contribution in [-0.4, -0.2) is 27.6 Å². The van der Waals surface area contributed by atoms with E-state index in [1.54, 1.807) is 54.6 Å². The van der Waals surface area contributed by atoms with Crippen LogP contribution in [0.25, 0.3) is 0 Å². The molecule has 2 aromatic carbocycles. The molecule has 144 valence electrons. The van der Waals surface area contributed by atoms with Crippen LogP contribution in [0.4, 0.5) is 5.69 Å². The first-order valence-corrected chi connectivity index (χ1v) is 9.57. The molecule has 0 aliphatic carbocycles. The van der Waals surface area contributed by atoms with Gasteiger partial charge in [-0.2, -0.15) is 0 Å². The van der Waals surface area contributed by atoms with Crippen molar-refractivity contribution in [2.24, 2.45) is 0 Å². The Morgan fingerprint density at radius 3 is 2.26 bits per heavy atom. The summed E-state index contributed by atoms with van der Waals surface area (Å²) >= 11 is 23.2. The number of amides is 1. The minimum Gasteiger partial charge on any atom is -0.494 e. The van der Waals surface area contributed by atoms with E-state index >= 15 is 0 Å². The Labute approximate surface area is 178 Å². The Morgan fingerprint density at radius 2 is 1.70 bits per heavy atom. The number of benzene rings is 2. The van der Waals surface area contributed by atoms with Crippen LogP contribution in [0.1, 0.15) is 17.3 Å². The van der Waals surface area contributed by atoms with Gasteiger partial charge in [0.25, 0.3) is 5.91 Å². The zero-order chi connectivity index (χ0) is 19.9. The third-order valence-electron chi connectivity index (χ3n) is 3.34. The van der Waals surface area contributed by atoms with E-state index in [2.05, 4.69) is 16.0 Å². The third kappa shape index (κ3) is 7.07. The van der Waals surface area contributed by atoms with Crippen molar-refractivity contribution in [1.29, 1.82) is 0 Å². The van der Waals surface area contributed by atoms with Crippen LogP contribution < -0.4 is 20.7 Å². The lowest BCUT2D eigenvalue weighted by Crippen LogP contribution is -2.56. The molecule has 9 heteroatoms. The van der Waals surface area contributed by atoms with Crippen LogP contribution in [0.5, 0.6) is 5.75 Å². The van der Waals surface area contributed by atoms with E-state index in [1.165, 1.54) is 0 Å². The van der Waals surface area contributed by atoms with Crippen LogP contribution in [0.3, 0.4) is 0 Å². The van der Waals surface area contributed by atoms with Gasteiger partial charge in [-0.1, -0.05) is 53.0 Å². The molecule has 1 unspecified atom stereocenters. The molecule has 0 heterocycles. The average Bonchev–Trinajstić information content (AvgIpc) is 2.63. The van der Waals surface area contributed by atoms with Crippen molar-refractivity contribution in [3.63, 3.8) is 0 Å². The van der Waals surface area contributed by atoms with Gasteiger partial charge >= 0.3 is 0 Å². The zero-order valence-corrected chi connectivity index (χ0v) is 17.4. The number of halogens is 3. The largest absolute Gasteiger partial charge is 0.494 e. The molecule has 0 saturated carbocycles. The quantitative estimate of drug-likeness (QED) is 0.346. The summed E-state index contributed by atoms with van der Waals surface area (Å²) in [5.41, 5.74) is 1.15. The van der Waals surface area contributed by atoms with Crippen molar-refractivity contribution in [1.82, 2.24) is 10.6 Å². The molecule has 0 aliphatic rings. The van der Waals surface area contributed by atoms with E-state index in [-0.39, 0.29) is 5.11 Å². The number of alkyl halides is 3. The molecule has 27 heavy (non-hydrogen) atoms. The first-order valence-electron chi connectivity index (χ1n) is 8.02. The van der Waals surface area contributed by atoms with Crippen molar-refractivity contribution in [2.75, 3.05) is 11.9 Å². The molecule has 2 aromatic rings. The highest BCUT2D eigenvalue weighted by atomic mass is 35.6. The molecule has 3 N–H and O–H groups in total. The van der Waals surface area contributed by atoms with Crippen molar-refractivity contribution in [3.8, 4) is 5.75 Å². The number of carbonyl (C=O) groups is 1. The molecule has 0 aliphatic heterocycles. The fraction of sp³-hybridized carbons (Fsp3) is 0.222. The second kappa shape index (κ2) is 9.99. The Balaban J connectivity index is 2.00. The van der Waals surface area contributed by atoms with Gasteiger partial charge in [0.1, 0.15) is 11.9 Å². The predicted octanol–water partition coefficient (Wildman–Crippen LogP) is 4.50. The number of hydrogen-bond acceptors (Lipinski definition) is 3. The van der Waals surface area contributed by atoms with Crippen LogP contribution in [-0.2, 0) is 0 Å². The van der Waals surface area contributed by atoms with Crippen LogP contribution in [0, 0.1) is 0 Å². The maximum absolute atomic E-state index is 12.3. The highest BCUT2D eigenvalue weighted by Crippen LogP contribution is 2.29. The maximum Gasteiger partial charge on any atom is 0.252 e. The Morgan fingerprint density at radius 1 is 1.07 bits per heavy atom. The molecule has 0 fully saturated rings. The lowest BCUT2D eigenvalue weighted by molar-refractivity contribution is 0.0934. The summed E-state index contributed by atoms with van der Waals surface area (Å²) < 4.78 is 3.56. The van der Waals surface area contributed by atoms with Gasteiger partial charge in [0.2, 0.25) is 3.79 Å². The van der Waals surface area contributed by atoms with Crippen LogP contribution >= 0.6 is 47.0 Å². The monoisotopic (exact) mass is 445 g/mol. The average molecular weight is 447 g/mol.